The lowest BCUT2D eigenvalue weighted by Gasteiger charge is -2.33. The first-order chi connectivity index (χ1) is 9.32. The van der Waals surface area contributed by atoms with Gasteiger partial charge < -0.3 is 10.2 Å². The molecule has 2 nitrogen and oxygen atoms in total. The third kappa shape index (κ3) is 6.02. The van der Waals surface area contributed by atoms with E-state index >= 15 is 0 Å². The summed E-state index contributed by atoms with van der Waals surface area (Å²) in [7, 11) is 2.12. The highest BCUT2D eigenvalue weighted by atomic mass is 19.1. The van der Waals surface area contributed by atoms with Gasteiger partial charge >= 0.3 is 0 Å². The van der Waals surface area contributed by atoms with Crippen LogP contribution in [0, 0.1) is 11.2 Å². The first-order valence-electron chi connectivity index (χ1n) is 7.49. The third-order valence-electron chi connectivity index (χ3n) is 3.66. The maximum Gasteiger partial charge on any atom is 0.123 e. The van der Waals surface area contributed by atoms with Crippen LogP contribution in [0.3, 0.4) is 0 Å². The molecule has 0 aliphatic heterocycles. The first kappa shape index (κ1) is 17.1. The molecule has 0 bridgehead atoms. The highest BCUT2D eigenvalue weighted by Gasteiger charge is 2.23. The Balaban J connectivity index is 2.45. The Labute approximate surface area is 123 Å². The SMILES string of the molecule is CCNC(CCN(C)Cc1ccc(F)cc1)C(C)(C)C. The molecule has 1 rings (SSSR count). The van der Waals surface area contributed by atoms with Crippen molar-refractivity contribution in [3.05, 3.63) is 35.6 Å². The van der Waals surface area contributed by atoms with Crippen molar-refractivity contribution in [2.45, 2.75) is 46.7 Å². The Hall–Kier alpha value is -0.930. The summed E-state index contributed by atoms with van der Waals surface area (Å²) in [6.45, 7) is 11.9. The third-order valence-corrected chi connectivity index (χ3v) is 3.66. The van der Waals surface area contributed by atoms with Crippen LogP contribution in [0.15, 0.2) is 24.3 Å². The topological polar surface area (TPSA) is 15.3 Å². The molecule has 1 unspecified atom stereocenters. The molecule has 0 saturated heterocycles. The molecule has 0 radical (unpaired) electrons. The lowest BCUT2D eigenvalue weighted by Crippen LogP contribution is -2.42. The van der Waals surface area contributed by atoms with Crippen LogP contribution in [0.2, 0.25) is 0 Å². The summed E-state index contributed by atoms with van der Waals surface area (Å²) < 4.78 is 12.9. The van der Waals surface area contributed by atoms with Crippen LogP contribution in [0.5, 0.6) is 0 Å². The largest absolute Gasteiger partial charge is 0.314 e. The average molecular weight is 280 g/mol. The maximum absolute atomic E-state index is 12.9. The summed E-state index contributed by atoms with van der Waals surface area (Å²) in [4.78, 5) is 2.29. The van der Waals surface area contributed by atoms with Crippen molar-refractivity contribution in [1.29, 1.82) is 0 Å². The Morgan fingerprint density at radius 3 is 2.30 bits per heavy atom. The normalized spacial score (nSPS) is 13.8. The Morgan fingerprint density at radius 1 is 1.20 bits per heavy atom. The zero-order valence-corrected chi connectivity index (χ0v) is 13.5. The quantitative estimate of drug-likeness (QED) is 0.820. The van der Waals surface area contributed by atoms with Crippen LogP contribution in [0.25, 0.3) is 0 Å². The number of hydrogen-bond acceptors (Lipinski definition) is 2. The second-order valence-electron chi connectivity index (χ2n) is 6.63. The zero-order valence-electron chi connectivity index (χ0n) is 13.5. The van der Waals surface area contributed by atoms with Crippen molar-refractivity contribution in [2.75, 3.05) is 20.1 Å². The van der Waals surface area contributed by atoms with Gasteiger partial charge in [-0.3, -0.25) is 0 Å². The lowest BCUT2D eigenvalue weighted by atomic mass is 9.84. The molecule has 0 aliphatic carbocycles. The summed E-state index contributed by atoms with van der Waals surface area (Å²) in [6, 6.07) is 7.29. The van der Waals surface area contributed by atoms with Gasteiger partial charge in [0.1, 0.15) is 5.82 Å². The van der Waals surface area contributed by atoms with Crippen molar-refractivity contribution in [3.63, 3.8) is 0 Å². The summed E-state index contributed by atoms with van der Waals surface area (Å²) in [5, 5.41) is 3.57. The molecule has 114 valence electrons. The van der Waals surface area contributed by atoms with Gasteiger partial charge in [-0.25, -0.2) is 4.39 Å². The van der Waals surface area contributed by atoms with Gasteiger partial charge in [-0.15, -0.1) is 0 Å². The fourth-order valence-corrected chi connectivity index (χ4v) is 2.42. The first-order valence-corrected chi connectivity index (χ1v) is 7.49. The van der Waals surface area contributed by atoms with Crippen molar-refractivity contribution in [3.8, 4) is 0 Å². The molecular formula is C17H29FN2. The predicted octanol–water partition coefficient (Wildman–Crippen LogP) is 3.67. The molecule has 0 aromatic heterocycles. The summed E-state index contributed by atoms with van der Waals surface area (Å²) in [5.74, 6) is -0.170. The van der Waals surface area contributed by atoms with E-state index in [-0.39, 0.29) is 11.2 Å². The Bertz CT molecular complexity index is 381. The number of nitrogens with one attached hydrogen (secondary N) is 1. The molecule has 3 heteroatoms. The minimum absolute atomic E-state index is 0.170. The molecule has 0 spiro atoms. The van der Waals surface area contributed by atoms with E-state index in [1.807, 2.05) is 12.1 Å². The molecule has 1 atom stereocenters. The van der Waals surface area contributed by atoms with E-state index in [1.165, 1.54) is 12.1 Å². The molecule has 1 aromatic rings. The smallest absolute Gasteiger partial charge is 0.123 e. The Morgan fingerprint density at radius 2 is 1.80 bits per heavy atom. The van der Waals surface area contributed by atoms with E-state index in [1.54, 1.807) is 0 Å². The molecular weight excluding hydrogens is 251 g/mol. The fourth-order valence-electron chi connectivity index (χ4n) is 2.42. The Kier molecular flexibility index (Phi) is 6.63. The zero-order chi connectivity index (χ0) is 15.2. The summed E-state index contributed by atoms with van der Waals surface area (Å²) in [6.07, 6.45) is 1.12. The van der Waals surface area contributed by atoms with Crippen molar-refractivity contribution in [1.82, 2.24) is 10.2 Å². The molecule has 1 N–H and O–H groups in total. The van der Waals surface area contributed by atoms with Crippen LogP contribution >= 0.6 is 0 Å². The number of hydrogen-bond donors (Lipinski definition) is 1. The molecule has 0 heterocycles. The van der Waals surface area contributed by atoms with E-state index < -0.39 is 0 Å². The van der Waals surface area contributed by atoms with Gasteiger partial charge in [0, 0.05) is 12.6 Å². The molecule has 20 heavy (non-hydrogen) atoms. The minimum Gasteiger partial charge on any atom is -0.314 e. The van der Waals surface area contributed by atoms with Crippen LogP contribution in [0.4, 0.5) is 4.39 Å². The number of benzene rings is 1. The lowest BCUT2D eigenvalue weighted by molar-refractivity contribution is 0.221. The van der Waals surface area contributed by atoms with Gasteiger partial charge in [0.15, 0.2) is 0 Å². The second kappa shape index (κ2) is 7.75. The molecule has 1 aromatic carbocycles. The second-order valence-corrected chi connectivity index (χ2v) is 6.63. The van der Waals surface area contributed by atoms with E-state index in [2.05, 4.69) is 45.0 Å². The molecule has 0 amide bonds. The van der Waals surface area contributed by atoms with E-state index in [0.29, 0.717) is 6.04 Å². The van der Waals surface area contributed by atoms with E-state index in [4.69, 9.17) is 0 Å². The molecule has 0 aliphatic rings. The average Bonchev–Trinajstić information content (AvgIpc) is 2.36. The predicted molar refractivity (Wildman–Crippen MR) is 84.3 cm³/mol. The van der Waals surface area contributed by atoms with Gasteiger partial charge in [0.05, 0.1) is 0 Å². The van der Waals surface area contributed by atoms with Gasteiger partial charge in [-0.2, -0.15) is 0 Å². The van der Waals surface area contributed by atoms with E-state index in [0.717, 1.165) is 31.6 Å². The van der Waals surface area contributed by atoms with Crippen LogP contribution in [-0.2, 0) is 6.54 Å². The van der Waals surface area contributed by atoms with Crippen LogP contribution in [-0.4, -0.2) is 31.1 Å². The standard InChI is InChI=1S/C17H29FN2/c1-6-19-16(17(2,3)4)11-12-20(5)13-14-7-9-15(18)10-8-14/h7-10,16,19H,6,11-13H2,1-5H3. The van der Waals surface area contributed by atoms with Crippen molar-refractivity contribution >= 4 is 0 Å². The van der Waals surface area contributed by atoms with Crippen LogP contribution < -0.4 is 5.32 Å². The number of rotatable bonds is 7. The molecule has 0 saturated carbocycles. The van der Waals surface area contributed by atoms with Gasteiger partial charge in [0.2, 0.25) is 0 Å². The molecule has 0 fully saturated rings. The number of nitrogens with zero attached hydrogens (tertiary/aromatic N) is 1. The van der Waals surface area contributed by atoms with Crippen molar-refractivity contribution in [2.24, 2.45) is 5.41 Å². The fraction of sp³-hybridized carbons (Fsp3) is 0.647. The maximum atomic E-state index is 12.9. The highest BCUT2D eigenvalue weighted by molar-refractivity contribution is 5.15. The summed E-state index contributed by atoms with van der Waals surface area (Å²) in [5.41, 5.74) is 1.43. The monoisotopic (exact) mass is 280 g/mol. The van der Waals surface area contributed by atoms with Gasteiger partial charge in [0.25, 0.3) is 0 Å². The number of halogens is 1. The summed E-state index contributed by atoms with van der Waals surface area (Å²) >= 11 is 0. The van der Waals surface area contributed by atoms with Crippen molar-refractivity contribution < 1.29 is 4.39 Å². The van der Waals surface area contributed by atoms with Gasteiger partial charge in [-0.1, -0.05) is 39.8 Å². The van der Waals surface area contributed by atoms with Crippen LogP contribution in [0.1, 0.15) is 39.7 Å². The van der Waals surface area contributed by atoms with Gasteiger partial charge in [-0.05, 0) is 49.7 Å². The van der Waals surface area contributed by atoms with E-state index in [9.17, 15) is 4.39 Å². The highest BCUT2D eigenvalue weighted by Crippen LogP contribution is 2.22. The minimum atomic E-state index is -0.170.